The van der Waals surface area contributed by atoms with Crippen LogP contribution in [0.1, 0.15) is 5.56 Å². The number of rotatable bonds is 5. The molecule has 8 heteroatoms. The van der Waals surface area contributed by atoms with Gasteiger partial charge in [-0.3, -0.25) is 0 Å². The number of hydrazine groups is 1. The molecule has 21 heavy (non-hydrogen) atoms. The lowest BCUT2D eigenvalue weighted by molar-refractivity contribution is 0.466. The number of hydrogen-bond acceptors (Lipinski definition) is 5. The minimum absolute atomic E-state index is 0.124. The molecular weight excluding hydrogens is 356 g/mol. The molecule has 0 radical (unpaired) electrons. The van der Waals surface area contributed by atoms with Crippen LogP contribution >= 0.6 is 15.9 Å². The number of nitrogens with one attached hydrogen (secondary N) is 1. The number of anilines is 1. The van der Waals surface area contributed by atoms with Crippen LogP contribution in [0.4, 0.5) is 5.82 Å². The number of benzene rings is 1. The lowest BCUT2D eigenvalue weighted by Crippen LogP contribution is -2.26. The number of halogens is 1. The summed E-state index contributed by atoms with van der Waals surface area (Å²) < 4.78 is 27.1. The molecule has 0 bridgehead atoms. The quantitative estimate of drug-likeness (QED) is 0.620. The summed E-state index contributed by atoms with van der Waals surface area (Å²) >= 11 is 3.37. The van der Waals surface area contributed by atoms with Gasteiger partial charge in [0.15, 0.2) is 0 Å². The molecule has 112 valence electrons. The second-order valence-electron chi connectivity index (χ2n) is 4.41. The van der Waals surface area contributed by atoms with Crippen LogP contribution in [-0.4, -0.2) is 24.8 Å². The zero-order valence-electron chi connectivity index (χ0n) is 11.3. The van der Waals surface area contributed by atoms with Crippen molar-refractivity contribution in [3.05, 3.63) is 52.6 Å². The Labute approximate surface area is 132 Å². The standard InChI is InChI=1S/C13H15BrN4O2S/c1-18(9-10-3-2-4-11(14)7-10)21(19,20)12-5-6-13(17-15)16-8-12/h2-8H,9,15H2,1H3,(H,16,17). The van der Waals surface area contributed by atoms with Crippen molar-refractivity contribution in [2.24, 2.45) is 5.84 Å². The van der Waals surface area contributed by atoms with E-state index in [4.69, 9.17) is 5.84 Å². The van der Waals surface area contributed by atoms with E-state index in [1.54, 1.807) is 0 Å². The zero-order chi connectivity index (χ0) is 15.5. The first-order chi connectivity index (χ1) is 9.93. The molecule has 0 saturated heterocycles. The van der Waals surface area contributed by atoms with Gasteiger partial charge in [0.1, 0.15) is 10.7 Å². The monoisotopic (exact) mass is 370 g/mol. The molecule has 1 aromatic carbocycles. The average molecular weight is 371 g/mol. The maximum absolute atomic E-state index is 12.4. The van der Waals surface area contributed by atoms with E-state index in [-0.39, 0.29) is 11.4 Å². The van der Waals surface area contributed by atoms with Crippen LogP contribution in [0.15, 0.2) is 52.0 Å². The van der Waals surface area contributed by atoms with Gasteiger partial charge in [0, 0.05) is 24.3 Å². The molecule has 2 aromatic rings. The Morgan fingerprint density at radius 2 is 2.10 bits per heavy atom. The summed E-state index contributed by atoms with van der Waals surface area (Å²) in [6.45, 7) is 0.276. The molecule has 1 heterocycles. The number of nitrogen functional groups attached to an aromatic ring is 1. The van der Waals surface area contributed by atoms with Crippen molar-refractivity contribution >= 4 is 31.8 Å². The Kier molecular flexibility index (Phi) is 4.94. The number of pyridine rings is 1. The molecule has 0 amide bonds. The summed E-state index contributed by atoms with van der Waals surface area (Å²) in [7, 11) is -2.06. The summed E-state index contributed by atoms with van der Waals surface area (Å²) in [5.74, 6) is 5.61. The highest BCUT2D eigenvalue weighted by molar-refractivity contribution is 9.10. The Morgan fingerprint density at radius 3 is 2.67 bits per heavy atom. The van der Waals surface area contributed by atoms with Crippen LogP contribution in [0.3, 0.4) is 0 Å². The third kappa shape index (κ3) is 3.79. The highest BCUT2D eigenvalue weighted by atomic mass is 79.9. The van der Waals surface area contributed by atoms with Crippen molar-refractivity contribution in [3.8, 4) is 0 Å². The summed E-state index contributed by atoms with van der Waals surface area (Å²) in [5, 5.41) is 0. The van der Waals surface area contributed by atoms with Gasteiger partial charge in [0.05, 0.1) is 0 Å². The zero-order valence-corrected chi connectivity index (χ0v) is 13.7. The Balaban J connectivity index is 2.21. The maximum atomic E-state index is 12.4. The molecule has 0 aliphatic heterocycles. The Hall–Kier alpha value is -1.48. The van der Waals surface area contributed by atoms with Gasteiger partial charge in [-0.1, -0.05) is 28.1 Å². The first-order valence-electron chi connectivity index (χ1n) is 6.07. The van der Waals surface area contributed by atoms with Crippen molar-refractivity contribution in [1.29, 1.82) is 0 Å². The molecule has 0 fully saturated rings. The number of sulfonamides is 1. The van der Waals surface area contributed by atoms with Crippen molar-refractivity contribution in [1.82, 2.24) is 9.29 Å². The molecular formula is C13H15BrN4O2S. The molecule has 0 saturated carbocycles. The fourth-order valence-electron chi connectivity index (χ4n) is 1.78. The summed E-state index contributed by atoms with van der Waals surface area (Å²) in [4.78, 5) is 4.04. The highest BCUT2D eigenvalue weighted by Crippen LogP contribution is 2.18. The van der Waals surface area contributed by atoms with Crippen molar-refractivity contribution in [2.75, 3.05) is 12.5 Å². The van der Waals surface area contributed by atoms with Crippen LogP contribution in [-0.2, 0) is 16.6 Å². The fraction of sp³-hybridized carbons (Fsp3) is 0.154. The van der Waals surface area contributed by atoms with E-state index >= 15 is 0 Å². The van der Waals surface area contributed by atoms with Gasteiger partial charge >= 0.3 is 0 Å². The van der Waals surface area contributed by atoms with Crippen LogP contribution in [0.25, 0.3) is 0 Å². The molecule has 1 aromatic heterocycles. The van der Waals surface area contributed by atoms with Gasteiger partial charge in [-0.05, 0) is 29.8 Å². The lowest BCUT2D eigenvalue weighted by atomic mass is 10.2. The van der Waals surface area contributed by atoms with E-state index in [1.165, 1.54) is 29.7 Å². The third-order valence-corrected chi connectivity index (χ3v) is 5.17. The highest BCUT2D eigenvalue weighted by Gasteiger charge is 2.21. The van der Waals surface area contributed by atoms with Crippen LogP contribution in [0, 0.1) is 0 Å². The predicted octanol–water partition coefficient (Wildman–Crippen LogP) is 1.95. The number of nitrogens with two attached hydrogens (primary N) is 1. The molecule has 0 aliphatic rings. The second-order valence-corrected chi connectivity index (χ2v) is 7.38. The summed E-state index contributed by atoms with van der Waals surface area (Å²) in [6, 6.07) is 10.5. The molecule has 2 rings (SSSR count). The van der Waals surface area contributed by atoms with Crippen molar-refractivity contribution < 1.29 is 8.42 Å². The number of aromatic nitrogens is 1. The number of hydrogen-bond donors (Lipinski definition) is 2. The van der Waals surface area contributed by atoms with Crippen molar-refractivity contribution in [3.63, 3.8) is 0 Å². The van der Waals surface area contributed by atoms with E-state index < -0.39 is 10.0 Å². The minimum Gasteiger partial charge on any atom is -0.308 e. The van der Waals surface area contributed by atoms with E-state index in [1.807, 2.05) is 24.3 Å². The smallest absolute Gasteiger partial charge is 0.244 e. The fourth-order valence-corrected chi connectivity index (χ4v) is 3.33. The van der Waals surface area contributed by atoms with Gasteiger partial charge in [-0.15, -0.1) is 0 Å². The van der Waals surface area contributed by atoms with Gasteiger partial charge in [0.2, 0.25) is 10.0 Å². The summed E-state index contributed by atoms with van der Waals surface area (Å²) in [5.41, 5.74) is 3.25. The first kappa shape index (κ1) is 15.9. The van der Waals surface area contributed by atoms with Crippen LogP contribution < -0.4 is 11.3 Å². The normalized spacial score (nSPS) is 11.6. The number of nitrogens with zero attached hydrogens (tertiary/aromatic N) is 2. The molecule has 6 nitrogen and oxygen atoms in total. The SMILES string of the molecule is CN(Cc1cccc(Br)c1)S(=O)(=O)c1ccc(NN)nc1. The third-order valence-electron chi connectivity index (χ3n) is 2.89. The minimum atomic E-state index is -3.59. The van der Waals surface area contributed by atoms with Gasteiger partial charge in [0.25, 0.3) is 0 Å². The van der Waals surface area contributed by atoms with Crippen molar-refractivity contribution in [2.45, 2.75) is 11.4 Å². The molecule has 0 spiro atoms. The van der Waals surface area contributed by atoms with E-state index in [0.29, 0.717) is 5.82 Å². The van der Waals surface area contributed by atoms with Gasteiger partial charge in [-0.2, -0.15) is 4.31 Å². The average Bonchev–Trinajstić information content (AvgIpc) is 2.47. The van der Waals surface area contributed by atoms with Gasteiger partial charge in [-0.25, -0.2) is 19.2 Å². The van der Waals surface area contributed by atoms with E-state index in [2.05, 4.69) is 26.3 Å². The molecule has 0 atom stereocenters. The lowest BCUT2D eigenvalue weighted by Gasteiger charge is -2.17. The van der Waals surface area contributed by atoms with Gasteiger partial charge < -0.3 is 5.43 Å². The maximum Gasteiger partial charge on any atom is 0.244 e. The van der Waals surface area contributed by atoms with Crippen LogP contribution in [0.5, 0.6) is 0 Å². The Bertz CT molecular complexity index is 719. The van der Waals surface area contributed by atoms with E-state index in [9.17, 15) is 8.42 Å². The van der Waals surface area contributed by atoms with E-state index in [0.717, 1.165) is 10.0 Å². The topological polar surface area (TPSA) is 88.3 Å². The Morgan fingerprint density at radius 1 is 1.33 bits per heavy atom. The van der Waals surface area contributed by atoms with Crippen LogP contribution in [0.2, 0.25) is 0 Å². The molecule has 0 unspecified atom stereocenters. The molecule has 0 aliphatic carbocycles. The predicted molar refractivity (Wildman–Crippen MR) is 84.8 cm³/mol. The summed E-state index contributed by atoms with van der Waals surface area (Å²) in [6.07, 6.45) is 1.28. The largest absolute Gasteiger partial charge is 0.308 e. The molecule has 3 N–H and O–H groups in total. The first-order valence-corrected chi connectivity index (χ1v) is 8.30. The second kappa shape index (κ2) is 6.52.